The van der Waals surface area contributed by atoms with E-state index in [9.17, 15) is 4.79 Å². The largest absolute Gasteiger partial charge is 0.466 e. The van der Waals surface area contributed by atoms with Crippen LogP contribution in [0, 0.1) is 0 Å². The molecule has 0 unspecified atom stereocenters. The minimum absolute atomic E-state index is 0.00944. The molecular formula is C20H21NO3. The van der Waals surface area contributed by atoms with Crippen LogP contribution in [0.1, 0.15) is 36.1 Å². The highest BCUT2D eigenvalue weighted by atomic mass is 16.6. The van der Waals surface area contributed by atoms with Crippen LogP contribution in [0.5, 0.6) is 0 Å². The third-order valence-corrected chi connectivity index (χ3v) is 5.10. The smallest absolute Gasteiger partial charge is 0.353 e. The summed E-state index contributed by atoms with van der Waals surface area (Å²) in [5, 5.41) is 0. The van der Waals surface area contributed by atoms with Crippen LogP contribution < -0.4 is 0 Å². The zero-order valence-corrected chi connectivity index (χ0v) is 13.7. The van der Waals surface area contributed by atoms with E-state index in [-0.39, 0.29) is 18.1 Å². The first-order valence-corrected chi connectivity index (χ1v) is 8.39. The Morgan fingerprint density at radius 2 is 1.71 bits per heavy atom. The molecule has 4 rings (SSSR count). The van der Waals surface area contributed by atoms with Gasteiger partial charge >= 0.3 is 5.97 Å². The van der Waals surface area contributed by atoms with Crippen LogP contribution in [0.15, 0.2) is 60.7 Å². The zero-order chi connectivity index (χ0) is 16.6. The Hall–Kier alpha value is -2.17. The summed E-state index contributed by atoms with van der Waals surface area (Å²) < 4.78 is 11.5. The molecule has 0 saturated carbocycles. The number of benzene rings is 2. The predicted molar refractivity (Wildman–Crippen MR) is 90.1 cm³/mol. The molecule has 0 bridgehead atoms. The van der Waals surface area contributed by atoms with Crippen molar-refractivity contribution in [2.75, 3.05) is 13.7 Å². The van der Waals surface area contributed by atoms with Crippen LogP contribution in [0.4, 0.5) is 0 Å². The summed E-state index contributed by atoms with van der Waals surface area (Å²) in [7, 11) is 1.43. The normalized spacial score (nSPS) is 29.4. The van der Waals surface area contributed by atoms with Gasteiger partial charge < -0.3 is 9.47 Å². The van der Waals surface area contributed by atoms with E-state index in [0.717, 1.165) is 18.5 Å². The predicted octanol–water partition coefficient (Wildman–Crippen LogP) is 3.46. The van der Waals surface area contributed by atoms with Crippen molar-refractivity contribution in [2.45, 2.75) is 30.7 Å². The van der Waals surface area contributed by atoms with E-state index in [0.29, 0.717) is 6.42 Å². The Labute approximate surface area is 142 Å². The molecule has 2 fully saturated rings. The Balaban J connectivity index is 1.82. The number of fused-ring (bicyclic) bond motifs is 1. The number of carbonyl (C=O) groups is 1. The van der Waals surface area contributed by atoms with Crippen molar-refractivity contribution in [3.8, 4) is 0 Å². The summed E-state index contributed by atoms with van der Waals surface area (Å²) >= 11 is 0. The molecule has 24 heavy (non-hydrogen) atoms. The second-order valence-corrected chi connectivity index (χ2v) is 6.38. The fraction of sp³-hybridized carbons (Fsp3) is 0.350. The fourth-order valence-electron chi connectivity index (χ4n) is 4.07. The van der Waals surface area contributed by atoms with E-state index in [2.05, 4.69) is 29.2 Å². The van der Waals surface area contributed by atoms with Gasteiger partial charge in [-0.2, -0.15) is 0 Å². The maximum Gasteiger partial charge on any atom is 0.353 e. The van der Waals surface area contributed by atoms with Gasteiger partial charge in [-0.1, -0.05) is 60.7 Å². The average Bonchev–Trinajstić information content (AvgIpc) is 3.19. The van der Waals surface area contributed by atoms with E-state index >= 15 is 0 Å². The van der Waals surface area contributed by atoms with E-state index in [4.69, 9.17) is 9.47 Å². The molecule has 4 heteroatoms. The van der Waals surface area contributed by atoms with Crippen molar-refractivity contribution < 1.29 is 14.3 Å². The van der Waals surface area contributed by atoms with Gasteiger partial charge in [0.25, 0.3) is 0 Å². The molecule has 0 spiro atoms. The zero-order valence-electron chi connectivity index (χ0n) is 13.7. The van der Waals surface area contributed by atoms with Gasteiger partial charge in [-0.05, 0) is 17.5 Å². The van der Waals surface area contributed by atoms with E-state index in [1.807, 2.05) is 36.4 Å². The highest BCUT2D eigenvalue weighted by molar-refractivity contribution is 5.80. The van der Waals surface area contributed by atoms with Crippen LogP contribution in [0.25, 0.3) is 0 Å². The standard InChI is InChI=1S/C20H21NO3/c1-23-19(22)20-13-8-14-21(20)17(15-9-4-2-5-10-15)18(24-20)16-11-6-3-7-12-16/h2-7,9-12,17-18H,8,13-14H2,1H3/t17-,18-,20+/m0/s1. The van der Waals surface area contributed by atoms with Crippen molar-refractivity contribution in [1.82, 2.24) is 4.90 Å². The summed E-state index contributed by atoms with van der Waals surface area (Å²) in [6.45, 7) is 0.831. The van der Waals surface area contributed by atoms with Crippen molar-refractivity contribution in [3.63, 3.8) is 0 Å². The Morgan fingerprint density at radius 3 is 2.33 bits per heavy atom. The van der Waals surface area contributed by atoms with Crippen molar-refractivity contribution in [2.24, 2.45) is 0 Å². The molecule has 0 aliphatic carbocycles. The minimum Gasteiger partial charge on any atom is -0.466 e. The van der Waals surface area contributed by atoms with Gasteiger partial charge in [-0.15, -0.1) is 0 Å². The molecule has 0 radical (unpaired) electrons. The molecule has 0 aromatic heterocycles. The lowest BCUT2D eigenvalue weighted by Gasteiger charge is -2.30. The van der Waals surface area contributed by atoms with Crippen LogP contribution in [-0.4, -0.2) is 30.2 Å². The molecule has 2 aromatic rings. The fourth-order valence-corrected chi connectivity index (χ4v) is 4.07. The second kappa shape index (κ2) is 6.04. The monoisotopic (exact) mass is 323 g/mol. The van der Waals surface area contributed by atoms with Gasteiger partial charge in [0.15, 0.2) is 0 Å². The van der Waals surface area contributed by atoms with E-state index in [1.165, 1.54) is 12.7 Å². The second-order valence-electron chi connectivity index (χ2n) is 6.38. The summed E-state index contributed by atoms with van der Waals surface area (Å²) in [4.78, 5) is 14.8. The third kappa shape index (κ3) is 2.26. The van der Waals surface area contributed by atoms with Gasteiger partial charge in [-0.3, -0.25) is 4.90 Å². The number of rotatable bonds is 3. The molecule has 2 aliphatic heterocycles. The van der Waals surface area contributed by atoms with Crippen LogP contribution in [-0.2, 0) is 14.3 Å². The molecule has 2 aromatic carbocycles. The van der Waals surface area contributed by atoms with Crippen LogP contribution in [0.3, 0.4) is 0 Å². The molecule has 4 nitrogen and oxygen atoms in total. The number of hydrogen-bond donors (Lipinski definition) is 0. The van der Waals surface area contributed by atoms with Crippen molar-refractivity contribution in [1.29, 1.82) is 0 Å². The summed E-state index contributed by atoms with van der Waals surface area (Å²) in [5.74, 6) is -0.292. The lowest BCUT2D eigenvalue weighted by atomic mass is 9.95. The molecule has 0 amide bonds. The Bertz CT molecular complexity index is 718. The van der Waals surface area contributed by atoms with Gasteiger partial charge in [0.2, 0.25) is 5.72 Å². The van der Waals surface area contributed by atoms with Crippen molar-refractivity contribution in [3.05, 3.63) is 71.8 Å². The maximum absolute atomic E-state index is 12.6. The lowest BCUT2D eigenvalue weighted by molar-refractivity contribution is -0.180. The number of methoxy groups -OCH3 is 1. The van der Waals surface area contributed by atoms with E-state index < -0.39 is 5.72 Å². The minimum atomic E-state index is -0.963. The first-order chi connectivity index (χ1) is 11.8. The topological polar surface area (TPSA) is 38.8 Å². The van der Waals surface area contributed by atoms with Gasteiger partial charge in [-0.25, -0.2) is 4.79 Å². The number of esters is 1. The SMILES string of the molecule is COC(=O)[C@]12CCCN1[C@@H](c1ccccc1)[C@H](c1ccccc1)O2. The Kier molecular flexibility index (Phi) is 3.87. The van der Waals surface area contributed by atoms with Gasteiger partial charge in [0, 0.05) is 13.0 Å². The highest BCUT2D eigenvalue weighted by Gasteiger charge is 2.61. The number of hydrogen-bond acceptors (Lipinski definition) is 4. The third-order valence-electron chi connectivity index (χ3n) is 5.10. The summed E-state index contributed by atoms with van der Waals surface area (Å²) in [6.07, 6.45) is 1.42. The molecule has 2 heterocycles. The maximum atomic E-state index is 12.6. The molecule has 124 valence electrons. The summed E-state index contributed by atoms with van der Waals surface area (Å²) in [6, 6.07) is 20.4. The quantitative estimate of drug-likeness (QED) is 0.811. The van der Waals surface area contributed by atoms with E-state index in [1.54, 1.807) is 0 Å². The van der Waals surface area contributed by atoms with Gasteiger partial charge in [0.1, 0.15) is 6.10 Å². The van der Waals surface area contributed by atoms with Crippen LogP contribution >= 0.6 is 0 Å². The molecular weight excluding hydrogens is 302 g/mol. The van der Waals surface area contributed by atoms with Gasteiger partial charge in [0.05, 0.1) is 13.2 Å². The molecule has 2 saturated heterocycles. The van der Waals surface area contributed by atoms with Crippen LogP contribution in [0.2, 0.25) is 0 Å². The van der Waals surface area contributed by atoms with Crippen molar-refractivity contribution >= 4 is 5.97 Å². The first kappa shape index (κ1) is 15.4. The molecule has 0 N–H and O–H groups in total. The number of carbonyl (C=O) groups excluding carboxylic acids is 1. The highest BCUT2D eigenvalue weighted by Crippen LogP contribution is 2.54. The summed E-state index contributed by atoms with van der Waals surface area (Å²) in [5.41, 5.74) is 1.29. The average molecular weight is 323 g/mol. The first-order valence-electron chi connectivity index (χ1n) is 8.39. The molecule has 3 atom stereocenters. The number of ether oxygens (including phenoxy) is 2. The lowest BCUT2D eigenvalue weighted by Crippen LogP contribution is -2.48. The molecule has 2 aliphatic rings. The Morgan fingerprint density at radius 1 is 1.08 bits per heavy atom. The number of nitrogens with zero attached hydrogens (tertiary/aromatic N) is 1.